The predicted molar refractivity (Wildman–Crippen MR) is 101 cm³/mol. The van der Waals surface area contributed by atoms with Crippen molar-refractivity contribution in [2.75, 3.05) is 13.1 Å². The average molecular weight is 358 g/mol. The lowest BCUT2D eigenvalue weighted by atomic mass is 9.87. The van der Waals surface area contributed by atoms with E-state index in [-0.39, 0.29) is 5.91 Å². The van der Waals surface area contributed by atoms with Crippen molar-refractivity contribution < 1.29 is 9.90 Å². The number of halogens is 1. The molecule has 1 heterocycles. The molecule has 1 saturated heterocycles. The molecule has 0 aliphatic carbocycles. The van der Waals surface area contributed by atoms with Crippen LogP contribution in [0, 0.1) is 13.8 Å². The molecular formula is C21H24ClNO2. The Morgan fingerprint density at radius 1 is 1.08 bits per heavy atom. The van der Waals surface area contributed by atoms with E-state index >= 15 is 0 Å². The van der Waals surface area contributed by atoms with E-state index in [1.165, 1.54) is 0 Å². The van der Waals surface area contributed by atoms with E-state index in [0.29, 0.717) is 31.0 Å². The first-order valence-electron chi connectivity index (χ1n) is 8.74. The molecule has 0 saturated carbocycles. The number of aliphatic hydroxyl groups is 1. The summed E-state index contributed by atoms with van der Waals surface area (Å²) in [7, 11) is 0. The van der Waals surface area contributed by atoms with Crippen LogP contribution in [0.25, 0.3) is 0 Å². The molecule has 2 aromatic rings. The summed E-state index contributed by atoms with van der Waals surface area (Å²) in [5.74, 6) is 0.0570. The van der Waals surface area contributed by atoms with E-state index in [2.05, 4.69) is 0 Å². The van der Waals surface area contributed by atoms with Crippen molar-refractivity contribution in [3.63, 3.8) is 0 Å². The van der Waals surface area contributed by atoms with Crippen molar-refractivity contribution in [3.8, 4) is 0 Å². The summed E-state index contributed by atoms with van der Waals surface area (Å²) in [6, 6.07) is 13.3. The van der Waals surface area contributed by atoms with Crippen LogP contribution in [0.15, 0.2) is 42.5 Å². The van der Waals surface area contributed by atoms with Gasteiger partial charge in [-0.15, -0.1) is 0 Å². The molecule has 2 aromatic carbocycles. The van der Waals surface area contributed by atoms with Crippen LogP contribution in [-0.4, -0.2) is 29.0 Å². The van der Waals surface area contributed by atoms with Gasteiger partial charge in [-0.3, -0.25) is 4.79 Å². The van der Waals surface area contributed by atoms with Crippen LogP contribution in [0.1, 0.15) is 46.3 Å². The van der Waals surface area contributed by atoms with Crippen LogP contribution >= 0.6 is 11.6 Å². The second-order valence-electron chi connectivity index (χ2n) is 7.00. The fourth-order valence-electron chi connectivity index (χ4n) is 3.51. The summed E-state index contributed by atoms with van der Waals surface area (Å²) < 4.78 is 0. The second-order valence-corrected chi connectivity index (χ2v) is 7.44. The molecule has 0 spiro atoms. The van der Waals surface area contributed by atoms with Gasteiger partial charge in [0.05, 0.1) is 5.60 Å². The van der Waals surface area contributed by atoms with Crippen LogP contribution in [0.2, 0.25) is 5.02 Å². The summed E-state index contributed by atoms with van der Waals surface area (Å²) in [6.07, 6.45) is 1.95. The van der Waals surface area contributed by atoms with Gasteiger partial charge in [0.25, 0.3) is 5.91 Å². The van der Waals surface area contributed by atoms with Crippen molar-refractivity contribution in [2.24, 2.45) is 0 Å². The zero-order valence-corrected chi connectivity index (χ0v) is 15.5. The Balaban J connectivity index is 1.78. The molecule has 1 unspecified atom stereocenters. The Labute approximate surface area is 154 Å². The fraction of sp³-hybridized carbons (Fsp3) is 0.381. The Morgan fingerprint density at radius 2 is 1.80 bits per heavy atom. The maximum Gasteiger partial charge on any atom is 0.254 e. The smallest absolute Gasteiger partial charge is 0.254 e. The molecule has 4 heteroatoms. The lowest BCUT2D eigenvalue weighted by Crippen LogP contribution is -2.34. The van der Waals surface area contributed by atoms with Crippen molar-refractivity contribution in [3.05, 3.63) is 69.7 Å². The van der Waals surface area contributed by atoms with E-state index in [0.717, 1.165) is 28.7 Å². The van der Waals surface area contributed by atoms with Crippen LogP contribution in [0.3, 0.4) is 0 Å². The molecule has 1 aliphatic heterocycles. The van der Waals surface area contributed by atoms with Crippen molar-refractivity contribution in [2.45, 2.75) is 38.7 Å². The summed E-state index contributed by atoms with van der Waals surface area (Å²) in [5.41, 5.74) is 2.81. The zero-order chi connectivity index (χ0) is 18.0. The minimum atomic E-state index is -0.902. The highest BCUT2D eigenvalue weighted by atomic mass is 35.5. The highest BCUT2D eigenvalue weighted by Crippen LogP contribution is 2.33. The van der Waals surface area contributed by atoms with Gasteiger partial charge in [0.2, 0.25) is 0 Å². The minimum absolute atomic E-state index is 0.0570. The zero-order valence-electron chi connectivity index (χ0n) is 14.8. The minimum Gasteiger partial charge on any atom is -0.385 e. The summed E-state index contributed by atoms with van der Waals surface area (Å²) in [4.78, 5) is 14.8. The molecule has 3 nitrogen and oxygen atoms in total. The maximum absolute atomic E-state index is 12.9. The largest absolute Gasteiger partial charge is 0.385 e. The predicted octanol–water partition coefficient (Wildman–Crippen LogP) is 4.47. The highest BCUT2D eigenvalue weighted by molar-refractivity contribution is 6.30. The van der Waals surface area contributed by atoms with Crippen LogP contribution in [-0.2, 0) is 5.60 Å². The van der Waals surface area contributed by atoms with Gasteiger partial charge in [-0.2, -0.15) is 0 Å². The molecule has 0 aromatic heterocycles. The van der Waals surface area contributed by atoms with Crippen molar-refractivity contribution in [1.29, 1.82) is 0 Å². The molecule has 1 atom stereocenters. The monoisotopic (exact) mass is 357 g/mol. The molecular weight excluding hydrogens is 334 g/mol. The Hall–Kier alpha value is -1.84. The normalized spacial score (nSPS) is 21.0. The Bertz CT molecular complexity index is 772. The van der Waals surface area contributed by atoms with Gasteiger partial charge in [0, 0.05) is 23.7 Å². The SMILES string of the molecule is Cc1ccc(C)c(C(=O)N2CCCC(O)(c3ccc(Cl)cc3)CC2)c1. The fourth-order valence-corrected chi connectivity index (χ4v) is 3.63. The topological polar surface area (TPSA) is 40.5 Å². The molecule has 25 heavy (non-hydrogen) atoms. The van der Waals surface area contributed by atoms with Gasteiger partial charge in [-0.1, -0.05) is 41.4 Å². The number of likely N-dealkylation sites (tertiary alicyclic amines) is 1. The summed E-state index contributed by atoms with van der Waals surface area (Å²) in [5, 5.41) is 11.8. The number of benzene rings is 2. The van der Waals surface area contributed by atoms with Crippen molar-refractivity contribution in [1.82, 2.24) is 4.90 Å². The highest BCUT2D eigenvalue weighted by Gasteiger charge is 2.33. The standard InChI is InChI=1S/C21H24ClNO2/c1-15-4-5-16(2)19(14-15)20(24)23-12-3-10-21(25,11-13-23)17-6-8-18(22)9-7-17/h4-9,14,25H,3,10-13H2,1-2H3. The van der Waals surface area contributed by atoms with E-state index in [1.807, 2.05) is 49.1 Å². The van der Waals surface area contributed by atoms with Crippen LogP contribution < -0.4 is 0 Å². The third-order valence-corrected chi connectivity index (χ3v) is 5.36. The maximum atomic E-state index is 12.9. The van der Waals surface area contributed by atoms with Crippen molar-refractivity contribution >= 4 is 17.5 Å². The summed E-state index contributed by atoms with van der Waals surface area (Å²) >= 11 is 5.95. The molecule has 0 bridgehead atoms. The molecule has 0 radical (unpaired) electrons. The number of amides is 1. The van der Waals surface area contributed by atoms with Crippen LogP contribution in [0.4, 0.5) is 0 Å². The van der Waals surface area contributed by atoms with E-state index in [4.69, 9.17) is 11.6 Å². The number of hydrogen-bond acceptors (Lipinski definition) is 2. The quantitative estimate of drug-likeness (QED) is 0.861. The van der Waals surface area contributed by atoms with Gasteiger partial charge < -0.3 is 10.0 Å². The molecule has 1 aliphatic rings. The third-order valence-electron chi connectivity index (χ3n) is 5.11. The molecule has 1 amide bonds. The first kappa shape index (κ1) is 18.0. The first-order chi connectivity index (χ1) is 11.9. The number of hydrogen-bond donors (Lipinski definition) is 1. The average Bonchev–Trinajstić information content (AvgIpc) is 2.80. The number of carbonyl (C=O) groups is 1. The Kier molecular flexibility index (Phi) is 5.16. The number of rotatable bonds is 2. The van der Waals surface area contributed by atoms with Gasteiger partial charge >= 0.3 is 0 Å². The first-order valence-corrected chi connectivity index (χ1v) is 9.12. The van der Waals surface area contributed by atoms with Gasteiger partial charge in [-0.05, 0) is 62.4 Å². The molecule has 1 fully saturated rings. The summed E-state index contributed by atoms with van der Waals surface area (Å²) in [6.45, 7) is 5.18. The lowest BCUT2D eigenvalue weighted by Gasteiger charge is -2.27. The number of carbonyl (C=O) groups excluding carboxylic acids is 1. The second kappa shape index (κ2) is 7.19. The lowest BCUT2D eigenvalue weighted by molar-refractivity contribution is 0.0212. The number of aryl methyl sites for hydroxylation is 2. The van der Waals surface area contributed by atoms with E-state index in [1.54, 1.807) is 12.1 Å². The molecule has 132 valence electrons. The van der Waals surface area contributed by atoms with E-state index < -0.39 is 5.60 Å². The van der Waals surface area contributed by atoms with Crippen LogP contribution in [0.5, 0.6) is 0 Å². The van der Waals surface area contributed by atoms with E-state index in [9.17, 15) is 9.90 Å². The number of nitrogens with zero attached hydrogens (tertiary/aromatic N) is 1. The van der Waals surface area contributed by atoms with Gasteiger partial charge in [0.15, 0.2) is 0 Å². The molecule has 1 N–H and O–H groups in total. The van der Waals surface area contributed by atoms with Gasteiger partial charge in [-0.25, -0.2) is 0 Å². The van der Waals surface area contributed by atoms with Gasteiger partial charge in [0.1, 0.15) is 0 Å². The molecule has 3 rings (SSSR count). The third kappa shape index (κ3) is 3.88. The Morgan fingerprint density at radius 3 is 2.52 bits per heavy atom.